The Morgan fingerprint density at radius 2 is 2.43 bits per heavy atom. The molecule has 0 saturated heterocycles. The predicted molar refractivity (Wildman–Crippen MR) is 30.6 cm³/mol. The molecule has 37 valence electrons. The molecule has 0 aliphatic heterocycles. The summed E-state index contributed by atoms with van der Waals surface area (Å²) in [5.41, 5.74) is 0. The van der Waals surface area contributed by atoms with E-state index in [4.69, 9.17) is 6.42 Å². The van der Waals surface area contributed by atoms with Crippen LogP contribution in [0.3, 0.4) is 0 Å². The van der Waals surface area contributed by atoms with E-state index in [-0.39, 0.29) is 5.12 Å². The Morgan fingerprint density at radius 3 is 2.43 bits per heavy atom. The second-order valence-electron chi connectivity index (χ2n) is 1.21. The number of hydrogen-bond donors (Lipinski definition) is 0. The fourth-order valence-corrected chi connectivity index (χ4v) is 0.136. The molecule has 1 nitrogen and oxygen atoms in total. The largest absolute Gasteiger partial charge is 0.281 e. The molecule has 0 aliphatic carbocycles. The van der Waals surface area contributed by atoms with E-state index in [0.29, 0.717) is 0 Å². The first-order valence-electron chi connectivity index (χ1n) is 1.85. The first-order chi connectivity index (χ1) is 3.18. The summed E-state index contributed by atoms with van der Waals surface area (Å²) in [5, 5.41) is -0.359. The van der Waals surface area contributed by atoms with E-state index in [1.54, 1.807) is 6.92 Å². The van der Waals surface area contributed by atoms with Crippen LogP contribution in [0.2, 0.25) is 0 Å². The summed E-state index contributed by atoms with van der Waals surface area (Å²) >= 11 is 4.22. The smallest absolute Gasteiger partial charge is 0.233 e. The molecule has 1 radical (unpaired) electrons. The van der Waals surface area contributed by atoms with Crippen LogP contribution < -0.4 is 0 Å². The van der Waals surface area contributed by atoms with E-state index >= 15 is 0 Å². The van der Waals surface area contributed by atoms with Crippen molar-refractivity contribution in [2.24, 2.45) is 5.92 Å². The fraction of sp³-hybridized carbons (Fsp3) is 0.400. The second-order valence-corrected chi connectivity index (χ2v) is 1.61. The van der Waals surface area contributed by atoms with Crippen LogP contribution in [0.1, 0.15) is 6.92 Å². The van der Waals surface area contributed by atoms with Crippen molar-refractivity contribution in [3.05, 3.63) is 0 Å². The third kappa shape index (κ3) is 2.18. The molecule has 0 saturated carbocycles. The molecular formula is C5H5OS. The van der Waals surface area contributed by atoms with Gasteiger partial charge in [0.05, 0.1) is 5.92 Å². The molecule has 1 atom stereocenters. The zero-order chi connectivity index (χ0) is 5.86. The molecule has 0 aromatic rings. The Hall–Kier alpha value is -0.550. The monoisotopic (exact) mass is 113 g/mol. The van der Waals surface area contributed by atoms with Gasteiger partial charge >= 0.3 is 0 Å². The van der Waals surface area contributed by atoms with Crippen molar-refractivity contribution in [1.82, 2.24) is 0 Å². The zero-order valence-corrected chi connectivity index (χ0v) is 4.79. The normalized spacial score (nSPS) is 12.0. The molecule has 0 aromatic heterocycles. The van der Waals surface area contributed by atoms with Crippen LogP contribution in [-0.4, -0.2) is 5.12 Å². The van der Waals surface area contributed by atoms with Crippen molar-refractivity contribution in [3.8, 4) is 12.3 Å². The molecule has 0 fully saturated rings. The van der Waals surface area contributed by atoms with Crippen molar-refractivity contribution in [1.29, 1.82) is 0 Å². The van der Waals surface area contributed by atoms with Gasteiger partial charge in [-0.05, 0) is 19.6 Å². The lowest BCUT2D eigenvalue weighted by atomic mass is 10.2. The standard InChI is InChI=1S/C5H5OS/c1-3-4(2)5(6)7/h1,4H,2H3. The summed E-state index contributed by atoms with van der Waals surface area (Å²) in [6.07, 6.45) is 4.84. The molecule has 0 N–H and O–H groups in total. The van der Waals surface area contributed by atoms with E-state index in [9.17, 15) is 4.79 Å². The van der Waals surface area contributed by atoms with Gasteiger partial charge < -0.3 is 0 Å². The van der Waals surface area contributed by atoms with Crippen molar-refractivity contribution in [2.75, 3.05) is 0 Å². The fourth-order valence-electron chi connectivity index (χ4n) is 0.0680. The average Bonchev–Trinajstić information content (AvgIpc) is 1.65. The lowest BCUT2D eigenvalue weighted by molar-refractivity contribution is -0.112. The summed E-state index contributed by atoms with van der Waals surface area (Å²) < 4.78 is 0. The highest BCUT2D eigenvalue weighted by Crippen LogP contribution is 1.95. The van der Waals surface area contributed by atoms with Gasteiger partial charge in [-0.3, -0.25) is 4.79 Å². The van der Waals surface area contributed by atoms with Gasteiger partial charge in [-0.2, -0.15) is 0 Å². The van der Waals surface area contributed by atoms with Gasteiger partial charge in [0.25, 0.3) is 0 Å². The Kier molecular flexibility index (Phi) is 2.39. The molecule has 0 heterocycles. The highest BCUT2D eigenvalue weighted by Gasteiger charge is 2.02. The van der Waals surface area contributed by atoms with Crippen LogP contribution in [-0.2, 0) is 4.79 Å². The average molecular weight is 113 g/mol. The van der Waals surface area contributed by atoms with E-state index in [2.05, 4.69) is 18.5 Å². The molecule has 0 spiro atoms. The Labute approximate surface area is 48.5 Å². The molecule has 0 aromatic carbocycles. The minimum atomic E-state index is -0.394. The van der Waals surface area contributed by atoms with E-state index in [1.807, 2.05) is 0 Å². The molecule has 0 aliphatic rings. The maximum atomic E-state index is 10.0. The lowest BCUT2D eigenvalue weighted by Crippen LogP contribution is -1.98. The quantitative estimate of drug-likeness (QED) is 0.463. The summed E-state index contributed by atoms with van der Waals surface area (Å²) in [4.78, 5) is 10.0. The van der Waals surface area contributed by atoms with Gasteiger partial charge in [-0.1, -0.05) is 5.92 Å². The van der Waals surface area contributed by atoms with Gasteiger partial charge in [0.2, 0.25) is 5.12 Å². The lowest BCUT2D eigenvalue weighted by Gasteiger charge is -1.88. The minimum absolute atomic E-state index is 0.359. The molecule has 0 rings (SSSR count). The van der Waals surface area contributed by atoms with E-state index in [0.717, 1.165) is 0 Å². The van der Waals surface area contributed by atoms with Gasteiger partial charge in [0.1, 0.15) is 0 Å². The second kappa shape index (κ2) is 2.59. The van der Waals surface area contributed by atoms with Crippen LogP contribution in [0.15, 0.2) is 0 Å². The maximum absolute atomic E-state index is 10.0. The van der Waals surface area contributed by atoms with Crippen LogP contribution in [0.5, 0.6) is 0 Å². The third-order valence-electron chi connectivity index (χ3n) is 0.604. The van der Waals surface area contributed by atoms with Crippen molar-refractivity contribution in [2.45, 2.75) is 6.92 Å². The third-order valence-corrected chi connectivity index (χ3v) is 0.957. The minimum Gasteiger partial charge on any atom is -0.281 e. The molecule has 0 amide bonds. The van der Waals surface area contributed by atoms with E-state index in [1.165, 1.54) is 0 Å². The Morgan fingerprint density at radius 1 is 2.00 bits per heavy atom. The number of rotatable bonds is 1. The Balaban J connectivity index is 3.63. The highest BCUT2D eigenvalue weighted by molar-refractivity contribution is 7.96. The van der Waals surface area contributed by atoms with Crippen LogP contribution >= 0.6 is 12.6 Å². The maximum Gasteiger partial charge on any atom is 0.233 e. The van der Waals surface area contributed by atoms with Gasteiger partial charge in [0.15, 0.2) is 0 Å². The predicted octanol–water partition coefficient (Wildman–Crippen LogP) is 0.980. The number of carbonyl (C=O) groups excluding carboxylic acids is 1. The van der Waals surface area contributed by atoms with Crippen molar-refractivity contribution in [3.63, 3.8) is 0 Å². The summed E-state index contributed by atoms with van der Waals surface area (Å²) in [5.74, 6) is 1.82. The van der Waals surface area contributed by atoms with Gasteiger partial charge in [0, 0.05) is 0 Å². The van der Waals surface area contributed by atoms with Crippen molar-refractivity contribution >= 4 is 17.7 Å². The summed E-state index contributed by atoms with van der Waals surface area (Å²) in [6.45, 7) is 1.61. The highest BCUT2D eigenvalue weighted by atomic mass is 32.1. The summed E-state index contributed by atoms with van der Waals surface area (Å²) in [6, 6.07) is 0. The Bertz CT molecular complexity index is 112. The van der Waals surface area contributed by atoms with E-state index < -0.39 is 5.92 Å². The SMILES string of the molecule is C#CC(C)C(=O)[S]. The number of hydrogen-bond acceptors (Lipinski definition) is 1. The molecule has 2 heteroatoms. The molecule has 0 bridgehead atoms. The van der Waals surface area contributed by atoms with Gasteiger partial charge in [-0.25, -0.2) is 0 Å². The first kappa shape index (κ1) is 6.45. The molecule has 1 unspecified atom stereocenters. The first-order valence-corrected chi connectivity index (χ1v) is 2.26. The summed E-state index contributed by atoms with van der Waals surface area (Å²) in [7, 11) is 0. The van der Waals surface area contributed by atoms with Crippen LogP contribution in [0.25, 0.3) is 0 Å². The van der Waals surface area contributed by atoms with Crippen LogP contribution in [0.4, 0.5) is 0 Å². The topological polar surface area (TPSA) is 17.1 Å². The van der Waals surface area contributed by atoms with Gasteiger partial charge in [-0.15, -0.1) is 6.42 Å². The molecular weight excluding hydrogens is 108 g/mol. The zero-order valence-electron chi connectivity index (χ0n) is 3.97. The van der Waals surface area contributed by atoms with Crippen LogP contribution in [0, 0.1) is 18.3 Å². The number of terminal acetylenes is 1. The van der Waals surface area contributed by atoms with Crippen molar-refractivity contribution < 1.29 is 4.79 Å². The number of carbonyl (C=O) groups is 1. The molecule has 7 heavy (non-hydrogen) atoms.